The Morgan fingerprint density at radius 2 is 1.80 bits per heavy atom. The predicted molar refractivity (Wildman–Crippen MR) is 66.6 cm³/mol. The van der Waals surface area contributed by atoms with Crippen molar-refractivity contribution >= 4 is 17.6 Å². The Kier molecular flexibility index (Phi) is 3.67. The quantitative estimate of drug-likeness (QED) is 0.907. The molecule has 3 nitrogen and oxygen atoms in total. The number of carboxylic acid groups (broad SMARTS) is 1. The van der Waals surface area contributed by atoms with Crippen LogP contribution in [0.4, 0.5) is 13.2 Å². The molecule has 0 aliphatic heterocycles. The summed E-state index contributed by atoms with van der Waals surface area (Å²) < 4.78 is 37.4. The number of hydrogen-bond acceptors (Lipinski definition) is 2. The molecule has 0 fully saturated rings. The summed E-state index contributed by atoms with van der Waals surface area (Å²) >= 11 is 5.74. The summed E-state index contributed by atoms with van der Waals surface area (Å²) in [7, 11) is 0. The van der Waals surface area contributed by atoms with Gasteiger partial charge in [-0.3, -0.25) is 0 Å². The van der Waals surface area contributed by atoms with Crippen molar-refractivity contribution in [3.63, 3.8) is 0 Å². The summed E-state index contributed by atoms with van der Waals surface area (Å²) in [6.45, 7) is 0. The van der Waals surface area contributed by atoms with Crippen LogP contribution in [0.25, 0.3) is 11.1 Å². The van der Waals surface area contributed by atoms with Crippen molar-refractivity contribution in [3.8, 4) is 11.1 Å². The number of hydrogen-bond donors (Lipinski definition) is 1. The molecule has 1 aromatic heterocycles. The van der Waals surface area contributed by atoms with Crippen LogP contribution in [0.1, 0.15) is 16.1 Å². The van der Waals surface area contributed by atoms with Crippen molar-refractivity contribution in [2.24, 2.45) is 0 Å². The SMILES string of the molecule is O=C(O)c1ncc(Cl)cc1-c1ccc(C(F)(F)F)cc1. The zero-order chi connectivity index (χ0) is 14.9. The molecule has 0 saturated carbocycles. The van der Waals surface area contributed by atoms with Gasteiger partial charge in [0.15, 0.2) is 5.69 Å². The molecule has 0 atom stereocenters. The van der Waals surface area contributed by atoms with E-state index in [2.05, 4.69) is 4.98 Å². The smallest absolute Gasteiger partial charge is 0.416 e. The van der Waals surface area contributed by atoms with Crippen LogP contribution in [0.15, 0.2) is 36.5 Å². The topological polar surface area (TPSA) is 50.2 Å². The van der Waals surface area contributed by atoms with Crippen LogP contribution >= 0.6 is 11.6 Å². The first-order chi connectivity index (χ1) is 9.29. The van der Waals surface area contributed by atoms with Gasteiger partial charge in [0.1, 0.15) is 0 Å². The highest BCUT2D eigenvalue weighted by Crippen LogP contribution is 2.32. The maximum Gasteiger partial charge on any atom is 0.416 e. The molecule has 20 heavy (non-hydrogen) atoms. The number of pyridine rings is 1. The largest absolute Gasteiger partial charge is 0.476 e. The predicted octanol–water partition coefficient (Wildman–Crippen LogP) is 4.12. The number of benzene rings is 1. The molecule has 0 bridgehead atoms. The lowest BCUT2D eigenvalue weighted by atomic mass is 10.0. The lowest BCUT2D eigenvalue weighted by Crippen LogP contribution is -2.05. The molecule has 0 amide bonds. The number of aromatic nitrogens is 1. The van der Waals surface area contributed by atoms with Gasteiger partial charge in [-0.15, -0.1) is 0 Å². The molecule has 0 radical (unpaired) electrons. The molecule has 1 aromatic carbocycles. The van der Waals surface area contributed by atoms with Gasteiger partial charge >= 0.3 is 12.1 Å². The molecule has 1 heterocycles. The molecular weight excluding hydrogens is 295 g/mol. The molecule has 0 saturated heterocycles. The van der Waals surface area contributed by atoms with Gasteiger partial charge in [0.25, 0.3) is 0 Å². The van der Waals surface area contributed by atoms with Gasteiger partial charge in [0.2, 0.25) is 0 Å². The summed E-state index contributed by atoms with van der Waals surface area (Å²) in [6.07, 6.45) is -3.28. The number of alkyl halides is 3. The summed E-state index contributed by atoms with van der Waals surface area (Å²) in [5, 5.41) is 9.22. The number of aromatic carboxylic acids is 1. The second-order valence-electron chi connectivity index (χ2n) is 3.93. The maximum absolute atomic E-state index is 12.5. The van der Waals surface area contributed by atoms with Crippen LogP contribution < -0.4 is 0 Å². The number of halogens is 4. The molecule has 2 aromatic rings. The Balaban J connectivity index is 2.52. The van der Waals surface area contributed by atoms with Crippen molar-refractivity contribution < 1.29 is 23.1 Å². The van der Waals surface area contributed by atoms with Gasteiger partial charge < -0.3 is 5.11 Å². The lowest BCUT2D eigenvalue weighted by Gasteiger charge is -2.09. The lowest BCUT2D eigenvalue weighted by molar-refractivity contribution is -0.137. The normalized spacial score (nSPS) is 11.4. The Labute approximate surface area is 116 Å². The second kappa shape index (κ2) is 5.13. The van der Waals surface area contributed by atoms with E-state index < -0.39 is 17.7 Å². The van der Waals surface area contributed by atoms with E-state index in [0.29, 0.717) is 5.56 Å². The third kappa shape index (κ3) is 2.91. The summed E-state index contributed by atoms with van der Waals surface area (Å²) in [5.41, 5.74) is -0.619. The molecule has 0 aliphatic carbocycles. The van der Waals surface area contributed by atoms with Gasteiger partial charge in [0, 0.05) is 11.8 Å². The minimum Gasteiger partial charge on any atom is -0.476 e. The summed E-state index contributed by atoms with van der Waals surface area (Å²) in [4.78, 5) is 14.7. The summed E-state index contributed by atoms with van der Waals surface area (Å²) in [5.74, 6) is -1.28. The minimum atomic E-state index is -4.44. The average Bonchev–Trinajstić information content (AvgIpc) is 2.37. The maximum atomic E-state index is 12.5. The van der Waals surface area contributed by atoms with E-state index in [1.807, 2.05) is 0 Å². The standard InChI is InChI=1S/C13H7ClF3NO2/c14-9-5-10(11(12(19)20)18-6-9)7-1-3-8(4-2-7)13(15,16)17/h1-6H,(H,19,20). The van der Waals surface area contributed by atoms with Crippen molar-refractivity contribution in [2.75, 3.05) is 0 Å². The molecule has 104 valence electrons. The highest BCUT2D eigenvalue weighted by atomic mass is 35.5. The van der Waals surface area contributed by atoms with E-state index in [0.717, 1.165) is 12.1 Å². The minimum absolute atomic E-state index is 0.165. The van der Waals surface area contributed by atoms with E-state index in [1.54, 1.807) is 0 Å². The fraction of sp³-hybridized carbons (Fsp3) is 0.0769. The molecule has 0 spiro atoms. The van der Waals surface area contributed by atoms with Crippen LogP contribution in [-0.4, -0.2) is 16.1 Å². The van der Waals surface area contributed by atoms with Crippen LogP contribution in [-0.2, 0) is 6.18 Å². The van der Waals surface area contributed by atoms with Gasteiger partial charge in [-0.1, -0.05) is 23.7 Å². The van der Waals surface area contributed by atoms with Crippen LogP contribution in [0.5, 0.6) is 0 Å². The van der Waals surface area contributed by atoms with Crippen molar-refractivity contribution in [2.45, 2.75) is 6.18 Å². The van der Waals surface area contributed by atoms with E-state index >= 15 is 0 Å². The average molecular weight is 302 g/mol. The Morgan fingerprint density at radius 3 is 2.30 bits per heavy atom. The molecular formula is C13H7ClF3NO2. The first-order valence-corrected chi connectivity index (χ1v) is 5.73. The van der Waals surface area contributed by atoms with E-state index in [-0.39, 0.29) is 16.3 Å². The first-order valence-electron chi connectivity index (χ1n) is 5.35. The molecule has 0 unspecified atom stereocenters. The monoisotopic (exact) mass is 301 g/mol. The number of carboxylic acids is 1. The van der Waals surface area contributed by atoms with Crippen LogP contribution in [0, 0.1) is 0 Å². The van der Waals surface area contributed by atoms with Crippen LogP contribution in [0.3, 0.4) is 0 Å². The number of carbonyl (C=O) groups is 1. The zero-order valence-corrected chi connectivity index (χ0v) is 10.5. The Hall–Kier alpha value is -2.08. The highest BCUT2D eigenvalue weighted by molar-refractivity contribution is 6.30. The number of nitrogens with zero attached hydrogens (tertiary/aromatic N) is 1. The van der Waals surface area contributed by atoms with E-state index in [4.69, 9.17) is 16.7 Å². The molecule has 7 heteroatoms. The molecule has 1 N–H and O–H groups in total. The van der Waals surface area contributed by atoms with Crippen molar-refractivity contribution in [3.05, 3.63) is 52.8 Å². The van der Waals surface area contributed by atoms with E-state index in [9.17, 15) is 18.0 Å². The van der Waals surface area contributed by atoms with Crippen LogP contribution in [0.2, 0.25) is 5.02 Å². The number of rotatable bonds is 2. The van der Waals surface area contributed by atoms with E-state index in [1.165, 1.54) is 24.4 Å². The third-order valence-corrected chi connectivity index (χ3v) is 2.79. The third-order valence-electron chi connectivity index (χ3n) is 2.58. The Bertz CT molecular complexity index is 654. The van der Waals surface area contributed by atoms with Gasteiger partial charge in [-0.25, -0.2) is 9.78 Å². The molecule has 0 aliphatic rings. The summed E-state index contributed by atoms with van der Waals surface area (Å²) in [6, 6.07) is 5.47. The second-order valence-corrected chi connectivity index (χ2v) is 4.37. The Morgan fingerprint density at radius 1 is 1.20 bits per heavy atom. The molecule has 2 rings (SSSR count). The van der Waals surface area contributed by atoms with Gasteiger partial charge in [-0.2, -0.15) is 13.2 Å². The van der Waals surface area contributed by atoms with Crippen molar-refractivity contribution in [1.29, 1.82) is 0 Å². The fourth-order valence-corrected chi connectivity index (χ4v) is 1.83. The van der Waals surface area contributed by atoms with Gasteiger partial charge in [0.05, 0.1) is 10.6 Å². The zero-order valence-electron chi connectivity index (χ0n) is 9.78. The van der Waals surface area contributed by atoms with Gasteiger partial charge in [-0.05, 0) is 23.8 Å². The highest BCUT2D eigenvalue weighted by Gasteiger charge is 2.30. The fourth-order valence-electron chi connectivity index (χ4n) is 1.67. The van der Waals surface area contributed by atoms with Crippen molar-refractivity contribution in [1.82, 2.24) is 4.98 Å². The first kappa shape index (κ1) is 14.3.